The molecule has 2 heteroatoms. The second kappa shape index (κ2) is 7.41. The zero-order valence-corrected chi connectivity index (χ0v) is 9.92. The molecule has 0 amide bonds. The molecular weight excluding hydrogens is 184 g/mol. The molecule has 1 heterocycles. The summed E-state index contributed by atoms with van der Waals surface area (Å²) in [5.41, 5.74) is 2.76. The van der Waals surface area contributed by atoms with Crippen molar-refractivity contribution in [2.45, 2.75) is 39.5 Å². The quantitative estimate of drug-likeness (QED) is 0.694. The van der Waals surface area contributed by atoms with Gasteiger partial charge in [-0.1, -0.05) is 6.92 Å². The van der Waals surface area contributed by atoms with Crippen LogP contribution in [0.25, 0.3) is 0 Å². The topological polar surface area (TPSA) is 24.9 Å². The van der Waals surface area contributed by atoms with Gasteiger partial charge in [0, 0.05) is 12.4 Å². The molecule has 1 aromatic rings. The molecule has 84 valence electrons. The molecule has 0 spiro atoms. The van der Waals surface area contributed by atoms with Gasteiger partial charge < -0.3 is 5.32 Å². The van der Waals surface area contributed by atoms with Gasteiger partial charge >= 0.3 is 0 Å². The van der Waals surface area contributed by atoms with Gasteiger partial charge in [-0.2, -0.15) is 0 Å². The van der Waals surface area contributed by atoms with Gasteiger partial charge in [-0.05, 0) is 62.9 Å². The monoisotopic (exact) mass is 206 g/mol. The maximum atomic E-state index is 4.16. The van der Waals surface area contributed by atoms with Crippen LogP contribution in [0.2, 0.25) is 0 Å². The molecule has 2 nitrogen and oxygen atoms in total. The van der Waals surface area contributed by atoms with Crippen molar-refractivity contribution in [1.82, 2.24) is 10.3 Å². The molecule has 0 radical (unpaired) electrons. The first kappa shape index (κ1) is 12.2. The molecule has 15 heavy (non-hydrogen) atoms. The summed E-state index contributed by atoms with van der Waals surface area (Å²) in [4.78, 5) is 4.16. The van der Waals surface area contributed by atoms with E-state index in [1.165, 1.54) is 30.4 Å². The van der Waals surface area contributed by atoms with E-state index in [-0.39, 0.29) is 0 Å². The Kier molecular flexibility index (Phi) is 6.02. The summed E-state index contributed by atoms with van der Waals surface area (Å²) in [7, 11) is 0. The molecule has 0 saturated heterocycles. The van der Waals surface area contributed by atoms with E-state index in [0.29, 0.717) is 0 Å². The summed E-state index contributed by atoms with van der Waals surface area (Å²) in [6.45, 7) is 6.65. The fourth-order valence-electron chi connectivity index (χ4n) is 1.63. The lowest BCUT2D eigenvalue weighted by molar-refractivity contribution is 0.616. The highest BCUT2D eigenvalue weighted by Crippen LogP contribution is 2.08. The van der Waals surface area contributed by atoms with E-state index in [4.69, 9.17) is 0 Å². The summed E-state index contributed by atoms with van der Waals surface area (Å²) in [5.74, 6) is 0. The van der Waals surface area contributed by atoms with Crippen LogP contribution in [-0.4, -0.2) is 18.1 Å². The van der Waals surface area contributed by atoms with Crippen molar-refractivity contribution >= 4 is 0 Å². The molecule has 0 aliphatic rings. The average molecular weight is 206 g/mol. The lowest BCUT2D eigenvalue weighted by atomic mass is 10.1. The van der Waals surface area contributed by atoms with E-state index in [0.717, 1.165) is 19.5 Å². The number of rotatable bonds is 7. The van der Waals surface area contributed by atoms with E-state index in [2.05, 4.69) is 30.2 Å². The van der Waals surface area contributed by atoms with Gasteiger partial charge in [0.05, 0.1) is 0 Å². The highest BCUT2D eigenvalue weighted by Gasteiger charge is 1.97. The van der Waals surface area contributed by atoms with Crippen LogP contribution in [0.1, 0.15) is 37.3 Å². The number of hydrogen-bond acceptors (Lipinski definition) is 2. The smallest absolute Gasteiger partial charge is 0.0302 e. The Morgan fingerprint density at radius 2 is 2.13 bits per heavy atom. The van der Waals surface area contributed by atoms with E-state index >= 15 is 0 Å². The number of pyridine rings is 1. The lowest BCUT2D eigenvalue weighted by Crippen LogP contribution is -2.15. The summed E-state index contributed by atoms with van der Waals surface area (Å²) in [6, 6.07) is 2.09. The van der Waals surface area contributed by atoms with E-state index < -0.39 is 0 Å². The average Bonchev–Trinajstić information content (AvgIpc) is 2.25. The number of hydrogen-bond donors (Lipinski definition) is 1. The summed E-state index contributed by atoms with van der Waals surface area (Å²) >= 11 is 0. The van der Waals surface area contributed by atoms with Crippen molar-refractivity contribution in [3.8, 4) is 0 Å². The van der Waals surface area contributed by atoms with Crippen LogP contribution < -0.4 is 5.32 Å². The maximum absolute atomic E-state index is 4.16. The minimum atomic E-state index is 1.14. The van der Waals surface area contributed by atoms with Crippen molar-refractivity contribution in [3.63, 3.8) is 0 Å². The molecule has 1 N–H and O–H groups in total. The Morgan fingerprint density at radius 1 is 1.27 bits per heavy atom. The normalized spacial score (nSPS) is 10.5. The molecule has 0 atom stereocenters. The molecule has 1 aromatic heterocycles. The summed E-state index contributed by atoms with van der Waals surface area (Å²) in [6.07, 6.45) is 8.75. The van der Waals surface area contributed by atoms with Gasteiger partial charge in [0.1, 0.15) is 0 Å². The standard InChI is InChI=1S/C13H22N2/c1-3-8-14-9-5-4-6-13-11-15-10-7-12(13)2/h7,10-11,14H,3-6,8-9H2,1-2H3. The minimum absolute atomic E-state index is 1.14. The molecule has 0 aliphatic heterocycles. The number of aromatic nitrogens is 1. The van der Waals surface area contributed by atoms with E-state index in [1.807, 2.05) is 12.4 Å². The third-order valence-corrected chi connectivity index (χ3v) is 2.62. The second-order valence-corrected chi connectivity index (χ2v) is 4.01. The summed E-state index contributed by atoms with van der Waals surface area (Å²) < 4.78 is 0. The fourth-order valence-corrected chi connectivity index (χ4v) is 1.63. The summed E-state index contributed by atoms with van der Waals surface area (Å²) in [5, 5.41) is 3.42. The first-order chi connectivity index (χ1) is 7.34. The van der Waals surface area contributed by atoms with E-state index in [9.17, 15) is 0 Å². The Hall–Kier alpha value is -0.890. The third-order valence-electron chi connectivity index (χ3n) is 2.62. The van der Waals surface area contributed by atoms with Crippen molar-refractivity contribution < 1.29 is 0 Å². The van der Waals surface area contributed by atoms with Crippen molar-refractivity contribution in [1.29, 1.82) is 0 Å². The fraction of sp³-hybridized carbons (Fsp3) is 0.615. The predicted molar refractivity (Wildman–Crippen MR) is 65.1 cm³/mol. The largest absolute Gasteiger partial charge is 0.317 e. The second-order valence-electron chi connectivity index (χ2n) is 4.01. The van der Waals surface area contributed by atoms with Crippen LogP contribution in [0.5, 0.6) is 0 Å². The third kappa shape index (κ3) is 4.93. The number of nitrogens with zero attached hydrogens (tertiary/aromatic N) is 1. The molecule has 0 fully saturated rings. The van der Waals surface area contributed by atoms with Gasteiger partial charge in [0.25, 0.3) is 0 Å². The molecule has 0 bridgehead atoms. The lowest BCUT2D eigenvalue weighted by Gasteiger charge is -2.05. The zero-order chi connectivity index (χ0) is 10.9. The first-order valence-electron chi connectivity index (χ1n) is 5.94. The van der Waals surface area contributed by atoms with Gasteiger partial charge in [0.15, 0.2) is 0 Å². The van der Waals surface area contributed by atoms with Crippen molar-refractivity contribution in [2.75, 3.05) is 13.1 Å². The van der Waals surface area contributed by atoms with Crippen molar-refractivity contribution in [3.05, 3.63) is 29.6 Å². The van der Waals surface area contributed by atoms with Gasteiger partial charge in [0.2, 0.25) is 0 Å². The van der Waals surface area contributed by atoms with Gasteiger partial charge in [-0.3, -0.25) is 4.98 Å². The maximum Gasteiger partial charge on any atom is 0.0302 e. The number of unbranched alkanes of at least 4 members (excludes halogenated alkanes) is 1. The molecule has 0 saturated carbocycles. The van der Waals surface area contributed by atoms with Crippen LogP contribution in [0.3, 0.4) is 0 Å². The van der Waals surface area contributed by atoms with Gasteiger partial charge in [-0.15, -0.1) is 0 Å². The molecule has 0 unspecified atom stereocenters. The highest BCUT2D eigenvalue weighted by molar-refractivity contribution is 5.21. The molecule has 0 aliphatic carbocycles. The molecule has 0 aromatic carbocycles. The Labute approximate surface area is 93.1 Å². The van der Waals surface area contributed by atoms with E-state index in [1.54, 1.807) is 0 Å². The number of nitrogens with one attached hydrogen (secondary N) is 1. The highest BCUT2D eigenvalue weighted by atomic mass is 14.8. The zero-order valence-electron chi connectivity index (χ0n) is 9.92. The molecular formula is C13H22N2. The van der Waals surface area contributed by atoms with Crippen LogP contribution in [0, 0.1) is 6.92 Å². The molecule has 1 rings (SSSR count). The SMILES string of the molecule is CCCNCCCCc1cnccc1C. The van der Waals surface area contributed by atoms with Crippen molar-refractivity contribution in [2.24, 2.45) is 0 Å². The number of aryl methyl sites for hydroxylation is 2. The first-order valence-corrected chi connectivity index (χ1v) is 5.94. The Balaban J connectivity index is 2.12. The predicted octanol–water partition coefficient (Wildman–Crippen LogP) is 2.71. The van der Waals surface area contributed by atoms with Crippen LogP contribution in [0.15, 0.2) is 18.5 Å². The minimum Gasteiger partial charge on any atom is -0.317 e. The Morgan fingerprint density at radius 3 is 2.87 bits per heavy atom. The van der Waals surface area contributed by atoms with Crippen LogP contribution in [-0.2, 0) is 6.42 Å². The van der Waals surface area contributed by atoms with Crippen LogP contribution >= 0.6 is 0 Å². The van der Waals surface area contributed by atoms with Gasteiger partial charge in [-0.25, -0.2) is 0 Å². The Bertz CT molecular complexity index is 271. The van der Waals surface area contributed by atoms with Crippen LogP contribution in [0.4, 0.5) is 0 Å².